The third kappa shape index (κ3) is 8.68. The second kappa shape index (κ2) is 7.63. The van der Waals surface area contributed by atoms with Crippen LogP contribution < -0.4 is 5.32 Å². The number of aliphatic hydroxyl groups excluding tert-OH is 1. The van der Waals surface area contributed by atoms with Crippen molar-refractivity contribution in [2.24, 2.45) is 0 Å². The molecular weight excluding hydrogens is 206 g/mol. The summed E-state index contributed by atoms with van der Waals surface area (Å²) in [5.74, 6) is -0.182. The van der Waals surface area contributed by atoms with E-state index in [0.717, 1.165) is 12.8 Å². The molecule has 0 heterocycles. The van der Waals surface area contributed by atoms with Crippen LogP contribution in [0.15, 0.2) is 0 Å². The molecule has 1 atom stereocenters. The first-order chi connectivity index (χ1) is 7.39. The lowest BCUT2D eigenvalue weighted by Gasteiger charge is -2.20. The summed E-state index contributed by atoms with van der Waals surface area (Å²) in [4.78, 5) is 11.4. The van der Waals surface area contributed by atoms with Crippen LogP contribution in [0, 0.1) is 0 Å². The maximum atomic E-state index is 11.4. The van der Waals surface area contributed by atoms with Crippen molar-refractivity contribution >= 4 is 5.97 Å². The van der Waals surface area contributed by atoms with Crippen molar-refractivity contribution in [2.45, 2.75) is 58.6 Å². The Labute approximate surface area is 98.4 Å². The van der Waals surface area contributed by atoms with E-state index in [1.807, 2.05) is 20.8 Å². The van der Waals surface area contributed by atoms with Crippen LogP contribution in [0.5, 0.6) is 0 Å². The molecule has 4 nitrogen and oxygen atoms in total. The Morgan fingerprint density at radius 3 is 2.50 bits per heavy atom. The van der Waals surface area contributed by atoms with Gasteiger partial charge in [0.25, 0.3) is 0 Å². The Hall–Kier alpha value is -0.610. The van der Waals surface area contributed by atoms with E-state index < -0.39 is 5.60 Å². The molecule has 0 amide bonds. The van der Waals surface area contributed by atoms with E-state index in [1.165, 1.54) is 0 Å². The third-order valence-corrected chi connectivity index (χ3v) is 2.15. The first-order valence-corrected chi connectivity index (χ1v) is 5.95. The van der Waals surface area contributed by atoms with Gasteiger partial charge in [0, 0.05) is 19.2 Å². The average Bonchev–Trinajstić information content (AvgIpc) is 2.13. The summed E-state index contributed by atoms with van der Waals surface area (Å²) in [6.45, 7) is 8.42. The van der Waals surface area contributed by atoms with Crippen LogP contribution in [0.1, 0.15) is 47.0 Å². The number of carbonyl (C=O) groups excluding carboxylic acids is 1. The Bertz CT molecular complexity index is 199. The van der Waals surface area contributed by atoms with Crippen molar-refractivity contribution in [1.82, 2.24) is 5.32 Å². The highest BCUT2D eigenvalue weighted by Crippen LogP contribution is 2.07. The fraction of sp³-hybridized carbons (Fsp3) is 0.917. The number of rotatable bonds is 7. The summed E-state index contributed by atoms with van der Waals surface area (Å²) >= 11 is 0. The van der Waals surface area contributed by atoms with Crippen molar-refractivity contribution in [3.05, 3.63) is 0 Å². The molecule has 0 saturated carbocycles. The molecule has 2 N–H and O–H groups in total. The van der Waals surface area contributed by atoms with Gasteiger partial charge in [-0.1, -0.05) is 6.92 Å². The molecule has 0 rings (SSSR count). The number of aliphatic hydroxyl groups is 1. The predicted octanol–water partition coefficient (Wildman–Crippen LogP) is 1.47. The lowest BCUT2D eigenvalue weighted by Crippen LogP contribution is -2.32. The lowest BCUT2D eigenvalue weighted by atomic mass is 10.1. The van der Waals surface area contributed by atoms with E-state index in [0.29, 0.717) is 13.0 Å². The van der Waals surface area contributed by atoms with Gasteiger partial charge in [-0.2, -0.15) is 0 Å². The standard InChI is InChI=1S/C12H25NO3/c1-5-10(7-9-14)13-8-6-11(15)16-12(2,3)4/h10,13-14H,5-9H2,1-4H3. The largest absolute Gasteiger partial charge is 0.460 e. The molecule has 0 aromatic heterocycles. The minimum atomic E-state index is -0.410. The maximum Gasteiger partial charge on any atom is 0.307 e. The van der Waals surface area contributed by atoms with Crippen molar-refractivity contribution < 1.29 is 14.6 Å². The van der Waals surface area contributed by atoms with Crippen LogP contribution in [0.25, 0.3) is 0 Å². The fourth-order valence-electron chi connectivity index (χ4n) is 1.38. The van der Waals surface area contributed by atoms with Gasteiger partial charge < -0.3 is 15.2 Å². The molecule has 0 aromatic rings. The maximum absolute atomic E-state index is 11.4. The molecule has 96 valence electrons. The minimum absolute atomic E-state index is 0.179. The van der Waals surface area contributed by atoms with E-state index in [2.05, 4.69) is 12.2 Å². The van der Waals surface area contributed by atoms with Crippen molar-refractivity contribution in [3.8, 4) is 0 Å². The predicted molar refractivity (Wildman–Crippen MR) is 64.2 cm³/mol. The molecular formula is C12H25NO3. The van der Waals surface area contributed by atoms with Gasteiger partial charge in [0.1, 0.15) is 5.60 Å². The van der Waals surface area contributed by atoms with Crippen molar-refractivity contribution in [1.29, 1.82) is 0 Å². The highest BCUT2D eigenvalue weighted by atomic mass is 16.6. The number of hydrogen-bond donors (Lipinski definition) is 2. The van der Waals surface area contributed by atoms with Crippen LogP contribution in [-0.4, -0.2) is 35.9 Å². The summed E-state index contributed by atoms with van der Waals surface area (Å²) < 4.78 is 5.18. The summed E-state index contributed by atoms with van der Waals surface area (Å²) in [5, 5.41) is 12.0. The smallest absolute Gasteiger partial charge is 0.307 e. The van der Waals surface area contributed by atoms with E-state index >= 15 is 0 Å². The zero-order chi connectivity index (χ0) is 12.6. The Morgan fingerprint density at radius 2 is 2.06 bits per heavy atom. The van der Waals surface area contributed by atoms with Gasteiger partial charge in [0.05, 0.1) is 6.42 Å². The van der Waals surface area contributed by atoms with Gasteiger partial charge in [-0.05, 0) is 33.6 Å². The van der Waals surface area contributed by atoms with Gasteiger partial charge in [-0.3, -0.25) is 4.79 Å². The lowest BCUT2D eigenvalue weighted by molar-refractivity contribution is -0.154. The van der Waals surface area contributed by atoms with Gasteiger partial charge in [-0.15, -0.1) is 0 Å². The first kappa shape index (κ1) is 15.4. The molecule has 0 aliphatic heterocycles. The topological polar surface area (TPSA) is 58.6 Å². The first-order valence-electron chi connectivity index (χ1n) is 5.95. The summed E-state index contributed by atoms with van der Waals surface area (Å²) in [6, 6.07) is 0.285. The normalized spacial score (nSPS) is 13.6. The summed E-state index contributed by atoms with van der Waals surface area (Å²) in [5.41, 5.74) is -0.410. The number of nitrogens with one attached hydrogen (secondary N) is 1. The number of hydrogen-bond acceptors (Lipinski definition) is 4. The SMILES string of the molecule is CCC(CCO)NCCC(=O)OC(C)(C)C. The molecule has 0 fully saturated rings. The van der Waals surface area contributed by atoms with Crippen LogP contribution in [0.2, 0.25) is 0 Å². The molecule has 0 aliphatic carbocycles. The quantitative estimate of drug-likeness (QED) is 0.651. The molecule has 0 spiro atoms. The van der Waals surface area contributed by atoms with Crippen LogP contribution in [0.3, 0.4) is 0 Å². The highest BCUT2D eigenvalue weighted by molar-refractivity contribution is 5.70. The summed E-state index contributed by atoms with van der Waals surface area (Å²) in [6.07, 6.45) is 2.05. The summed E-state index contributed by atoms with van der Waals surface area (Å²) in [7, 11) is 0. The van der Waals surface area contributed by atoms with E-state index in [1.54, 1.807) is 0 Å². The minimum Gasteiger partial charge on any atom is -0.460 e. The molecule has 0 radical (unpaired) electrons. The molecule has 16 heavy (non-hydrogen) atoms. The molecule has 0 bridgehead atoms. The van der Waals surface area contributed by atoms with E-state index in [-0.39, 0.29) is 18.6 Å². The number of carbonyl (C=O) groups is 1. The molecule has 0 aliphatic rings. The molecule has 0 saturated heterocycles. The highest BCUT2D eigenvalue weighted by Gasteiger charge is 2.16. The third-order valence-electron chi connectivity index (χ3n) is 2.15. The van der Waals surface area contributed by atoms with Gasteiger partial charge in [0.2, 0.25) is 0 Å². The fourth-order valence-corrected chi connectivity index (χ4v) is 1.38. The van der Waals surface area contributed by atoms with Gasteiger partial charge in [0.15, 0.2) is 0 Å². The Kier molecular flexibility index (Phi) is 7.34. The monoisotopic (exact) mass is 231 g/mol. The zero-order valence-corrected chi connectivity index (χ0v) is 10.9. The molecule has 4 heteroatoms. The van der Waals surface area contributed by atoms with Crippen LogP contribution >= 0.6 is 0 Å². The second-order valence-electron chi connectivity index (χ2n) is 4.91. The van der Waals surface area contributed by atoms with Gasteiger partial charge in [-0.25, -0.2) is 0 Å². The van der Waals surface area contributed by atoms with E-state index in [9.17, 15) is 4.79 Å². The second-order valence-corrected chi connectivity index (χ2v) is 4.91. The van der Waals surface area contributed by atoms with Gasteiger partial charge >= 0.3 is 5.97 Å². The van der Waals surface area contributed by atoms with E-state index in [4.69, 9.17) is 9.84 Å². The number of esters is 1. The molecule has 1 unspecified atom stereocenters. The van der Waals surface area contributed by atoms with Crippen molar-refractivity contribution in [2.75, 3.05) is 13.2 Å². The Balaban J connectivity index is 3.68. The average molecular weight is 231 g/mol. The van der Waals surface area contributed by atoms with Crippen molar-refractivity contribution in [3.63, 3.8) is 0 Å². The van der Waals surface area contributed by atoms with Crippen LogP contribution in [0.4, 0.5) is 0 Å². The van der Waals surface area contributed by atoms with Crippen LogP contribution in [-0.2, 0) is 9.53 Å². The number of ether oxygens (including phenoxy) is 1. The zero-order valence-electron chi connectivity index (χ0n) is 10.9. The molecule has 0 aromatic carbocycles. The Morgan fingerprint density at radius 1 is 1.44 bits per heavy atom.